The molecule has 0 bridgehead atoms. The third-order valence-electron chi connectivity index (χ3n) is 2.53. The van der Waals surface area contributed by atoms with E-state index in [1.54, 1.807) is 6.07 Å². The molecule has 1 aliphatic rings. The van der Waals surface area contributed by atoms with Gasteiger partial charge in [-0.1, -0.05) is 12.1 Å². The highest BCUT2D eigenvalue weighted by molar-refractivity contribution is 5.89. The lowest BCUT2D eigenvalue weighted by Gasteiger charge is -2.03. The molecule has 1 aliphatic carbocycles. The van der Waals surface area contributed by atoms with Gasteiger partial charge in [-0.2, -0.15) is 0 Å². The molecule has 1 saturated carbocycles. The zero-order valence-electron chi connectivity index (χ0n) is 7.58. The number of hydrogen-bond acceptors (Lipinski definition) is 1. The van der Waals surface area contributed by atoms with E-state index in [9.17, 15) is 4.79 Å². The summed E-state index contributed by atoms with van der Waals surface area (Å²) >= 11 is 0. The molecule has 0 heterocycles. The summed E-state index contributed by atoms with van der Waals surface area (Å²) in [6.07, 6.45) is 2.51. The Morgan fingerprint density at radius 2 is 2.15 bits per heavy atom. The molecule has 0 aliphatic heterocycles. The Labute approximate surface area is 77.2 Å². The van der Waals surface area contributed by atoms with Gasteiger partial charge in [-0.3, -0.25) is 0 Å². The molecule has 1 N–H and O–H groups in total. The lowest BCUT2D eigenvalue weighted by Crippen LogP contribution is -1.99. The number of aromatic carboxylic acids is 1. The Kier molecular flexibility index (Phi) is 1.83. The van der Waals surface area contributed by atoms with Crippen molar-refractivity contribution in [2.24, 2.45) is 0 Å². The maximum absolute atomic E-state index is 10.7. The lowest BCUT2D eigenvalue weighted by molar-refractivity contribution is 0.0696. The van der Waals surface area contributed by atoms with Gasteiger partial charge >= 0.3 is 5.97 Å². The Balaban J connectivity index is 2.36. The number of hydrogen-bond donors (Lipinski definition) is 1. The van der Waals surface area contributed by atoms with Crippen LogP contribution in [0.5, 0.6) is 0 Å². The van der Waals surface area contributed by atoms with Gasteiger partial charge < -0.3 is 5.11 Å². The molecule has 1 aromatic rings. The molecule has 0 spiro atoms. The monoisotopic (exact) mass is 176 g/mol. The minimum Gasteiger partial charge on any atom is -0.478 e. The molecule has 68 valence electrons. The molecule has 2 heteroatoms. The van der Waals surface area contributed by atoms with Crippen LogP contribution in [-0.2, 0) is 0 Å². The summed E-state index contributed by atoms with van der Waals surface area (Å²) in [6.45, 7) is 1.86. The highest BCUT2D eigenvalue weighted by Gasteiger charge is 2.24. The van der Waals surface area contributed by atoms with Crippen LogP contribution in [0.2, 0.25) is 0 Å². The molecule has 0 saturated heterocycles. The van der Waals surface area contributed by atoms with Gasteiger partial charge in [0.1, 0.15) is 0 Å². The molecule has 0 amide bonds. The number of benzene rings is 1. The molecule has 1 aromatic carbocycles. The van der Waals surface area contributed by atoms with Crippen molar-refractivity contribution in [2.45, 2.75) is 25.7 Å². The van der Waals surface area contributed by atoms with Crippen LogP contribution in [0.4, 0.5) is 0 Å². The van der Waals surface area contributed by atoms with Crippen LogP contribution in [-0.4, -0.2) is 11.1 Å². The molecular weight excluding hydrogens is 164 g/mol. The fourth-order valence-corrected chi connectivity index (χ4v) is 1.60. The van der Waals surface area contributed by atoms with Crippen molar-refractivity contribution in [1.82, 2.24) is 0 Å². The predicted octanol–water partition coefficient (Wildman–Crippen LogP) is 2.57. The van der Waals surface area contributed by atoms with Gasteiger partial charge in [-0.05, 0) is 42.9 Å². The van der Waals surface area contributed by atoms with Gasteiger partial charge in [-0.15, -0.1) is 0 Å². The number of rotatable bonds is 2. The van der Waals surface area contributed by atoms with E-state index in [1.165, 1.54) is 18.4 Å². The third-order valence-corrected chi connectivity index (χ3v) is 2.53. The summed E-state index contributed by atoms with van der Waals surface area (Å²) in [6, 6.07) is 5.65. The van der Waals surface area contributed by atoms with Crippen LogP contribution in [0.3, 0.4) is 0 Å². The summed E-state index contributed by atoms with van der Waals surface area (Å²) in [4.78, 5) is 10.7. The zero-order valence-corrected chi connectivity index (χ0v) is 7.58. The number of carbonyl (C=O) groups is 1. The standard InChI is InChI=1S/C11H12O2/c1-7-6-9(8-2-3-8)4-5-10(7)11(12)13/h4-6,8H,2-3H2,1H3,(H,12,13). The molecule has 0 radical (unpaired) electrons. The Morgan fingerprint density at radius 1 is 1.46 bits per heavy atom. The third kappa shape index (κ3) is 1.57. The van der Waals surface area contributed by atoms with Crippen molar-refractivity contribution in [1.29, 1.82) is 0 Å². The molecule has 13 heavy (non-hydrogen) atoms. The molecule has 0 atom stereocenters. The van der Waals surface area contributed by atoms with Crippen molar-refractivity contribution in [3.05, 3.63) is 34.9 Å². The number of carboxylic acid groups (broad SMARTS) is 1. The van der Waals surface area contributed by atoms with Gasteiger partial charge in [0.2, 0.25) is 0 Å². The molecular formula is C11H12O2. The van der Waals surface area contributed by atoms with Gasteiger partial charge in [0.05, 0.1) is 5.56 Å². The Morgan fingerprint density at radius 3 is 2.62 bits per heavy atom. The predicted molar refractivity (Wildman–Crippen MR) is 50.1 cm³/mol. The largest absolute Gasteiger partial charge is 0.478 e. The first-order valence-electron chi connectivity index (χ1n) is 4.52. The molecule has 2 nitrogen and oxygen atoms in total. The van der Waals surface area contributed by atoms with Gasteiger partial charge in [-0.25, -0.2) is 4.79 Å². The van der Waals surface area contributed by atoms with Crippen LogP contribution in [0, 0.1) is 6.92 Å². The fraction of sp³-hybridized carbons (Fsp3) is 0.364. The van der Waals surface area contributed by atoms with Gasteiger partial charge in [0, 0.05) is 0 Å². The van der Waals surface area contributed by atoms with Crippen molar-refractivity contribution in [3.8, 4) is 0 Å². The summed E-state index contributed by atoms with van der Waals surface area (Å²) in [5.41, 5.74) is 2.59. The maximum Gasteiger partial charge on any atom is 0.335 e. The van der Waals surface area contributed by atoms with E-state index in [-0.39, 0.29) is 0 Å². The van der Waals surface area contributed by atoms with Crippen LogP contribution in [0.25, 0.3) is 0 Å². The van der Waals surface area contributed by atoms with Crippen LogP contribution < -0.4 is 0 Å². The molecule has 0 unspecified atom stereocenters. The Bertz CT molecular complexity index is 351. The van der Waals surface area contributed by atoms with E-state index < -0.39 is 5.97 Å². The molecule has 0 aromatic heterocycles. The Hall–Kier alpha value is -1.31. The van der Waals surface area contributed by atoms with E-state index in [0.29, 0.717) is 11.5 Å². The first kappa shape index (κ1) is 8.30. The SMILES string of the molecule is Cc1cc(C2CC2)ccc1C(=O)O. The first-order valence-corrected chi connectivity index (χ1v) is 4.52. The second-order valence-electron chi connectivity index (χ2n) is 3.65. The summed E-state index contributed by atoms with van der Waals surface area (Å²) < 4.78 is 0. The van der Waals surface area contributed by atoms with Crippen molar-refractivity contribution < 1.29 is 9.90 Å². The quantitative estimate of drug-likeness (QED) is 0.751. The number of aryl methyl sites for hydroxylation is 1. The lowest BCUT2D eigenvalue weighted by atomic mass is 10.0. The number of carboxylic acids is 1. The second-order valence-corrected chi connectivity index (χ2v) is 3.65. The van der Waals surface area contributed by atoms with Gasteiger partial charge in [0.25, 0.3) is 0 Å². The molecule has 1 fully saturated rings. The van der Waals surface area contributed by atoms with E-state index in [0.717, 1.165) is 5.56 Å². The van der Waals surface area contributed by atoms with Crippen molar-refractivity contribution >= 4 is 5.97 Å². The van der Waals surface area contributed by atoms with E-state index >= 15 is 0 Å². The van der Waals surface area contributed by atoms with Crippen LogP contribution in [0.1, 0.15) is 40.2 Å². The zero-order chi connectivity index (χ0) is 9.42. The summed E-state index contributed by atoms with van der Waals surface area (Å²) in [7, 11) is 0. The molecule has 2 rings (SSSR count). The van der Waals surface area contributed by atoms with Gasteiger partial charge in [0.15, 0.2) is 0 Å². The van der Waals surface area contributed by atoms with Crippen LogP contribution >= 0.6 is 0 Å². The van der Waals surface area contributed by atoms with E-state index in [1.807, 2.05) is 19.1 Å². The fourth-order valence-electron chi connectivity index (χ4n) is 1.60. The second kappa shape index (κ2) is 2.87. The smallest absolute Gasteiger partial charge is 0.335 e. The van der Waals surface area contributed by atoms with E-state index in [2.05, 4.69) is 0 Å². The minimum atomic E-state index is -0.833. The highest BCUT2D eigenvalue weighted by atomic mass is 16.4. The van der Waals surface area contributed by atoms with Crippen molar-refractivity contribution in [3.63, 3.8) is 0 Å². The van der Waals surface area contributed by atoms with Crippen molar-refractivity contribution in [2.75, 3.05) is 0 Å². The maximum atomic E-state index is 10.7. The summed E-state index contributed by atoms with van der Waals surface area (Å²) in [5.74, 6) is -0.138. The van der Waals surface area contributed by atoms with E-state index in [4.69, 9.17) is 5.11 Å². The summed E-state index contributed by atoms with van der Waals surface area (Å²) in [5, 5.41) is 8.81. The highest BCUT2D eigenvalue weighted by Crippen LogP contribution is 2.40. The average molecular weight is 176 g/mol. The first-order chi connectivity index (χ1) is 6.18. The minimum absolute atomic E-state index is 0.421. The normalized spacial score (nSPS) is 15.8. The average Bonchev–Trinajstić information content (AvgIpc) is 2.85. The van der Waals surface area contributed by atoms with Crippen LogP contribution in [0.15, 0.2) is 18.2 Å². The topological polar surface area (TPSA) is 37.3 Å².